The first-order chi connectivity index (χ1) is 9.54. The molecule has 0 aliphatic rings. The highest BCUT2D eigenvalue weighted by Gasteiger charge is 2.15. The maximum Gasteiger partial charge on any atom is 0.310 e. The highest BCUT2D eigenvalue weighted by molar-refractivity contribution is 5.48. The minimum atomic E-state index is -0.444. The molecule has 0 atom stereocenters. The zero-order valence-corrected chi connectivity index (χ0v) is 12.1. The van der Waals surface area contributed by atoms with E-state index < -0.39 is 4.92 Å². The molecule has 1 N–H and O–H groups in total. The molecule has 0 amide bonds. The maximum absolute atomic E-state index is 10.9. The molecule has 0 saturated carbocycles. The molecule has 0 saturated heterocycles. The van der Waals surface area contributed by atoms with Crippen LogP contribution in [-0.2, 0) is 6.54 Å². The summed E-state index contributed by atoms with van der Waals surface area (Å²) in [5.41, 5.74) is 0.922. The van der Waals surface area contributed by atoms with Crippen LogP contribution >= 0.6 is 0 Å². The van der Waals surface area contributed by atoms with Crippen LogP contribution in [0, 0.1) is 27.9 Å². The van der Waals surface area contributed by atoms with Crippen molar-refractivity contribution in [1.29, 1.82) is 0 Å². The molecule has 0 fully saturated rings. The predicted molar refractivity (Wildman–Crippen MR) is 78.6 cm³/mol. The van der Waals surface area contributed by atoms with Gasteiger partial charge in [0.15, 0.2) is 5.75 Å². The van der Waals surface area contributed by atoms with Crippen molar-refractivity contribution in [2.75, 3.05) is 13.2 Å². The number of nitro groups is 1. The topological polar surface area (TPSA) is 64.4 Å². The number of benzene rings is 1. The van der Waals surface area contributed by atoms with Crippen molar-refractivity contribution < 1.29 is 9.66 Å². The van der Waals surface area contributed by atoms with Gasteiger partial charge in [0.2, 0.25) is 0 Å². The predicted octanol–water partition coefficient (Wildman–Crippen LogP) is 2.74. The third-order valence-electron chi connectivity index (χ3n) is 2.58. The van der Waals surface area contributed by atoms with Crippen molar-refractivity contribution in [3.63, 3.8) is 0 Å². The lowest BCUT2D eigenvalue weighted by Gasteiger charge is -2.09. The summed E-state index contributed by atoms with van der Waals surface area (Å²) in [5.74, 6) is 6.25. The molecule has 1 rings (SSSR count). The van der Waals surface area contributed by atoms with Crippen LogP contribution in [0.1, 0.15) is 26.3 Å². The fraction of sp³-hybridized carbons (Fsp3) is 0.467. The standard InChI is InChI=1S/C15H20N2O3/c1-4-5-8-20-15-9-13(11-16-10-12(2)3)6-7-14(15)17(18)19/h6-7,9,12,16H,8,10-11H2,1-3H3. The summed E-state index contributed by atoms with van der Waals surface area (Å²) < 4.78 is 5.36. The minimum Gasteiger partial charge on any atom is -0.474 e. The van der Waals surface area contributed by atoms with Gasteiger partial charge in [-0.05, 0) is 31.0 Å². The Hall–Kier alpha value is -2.06. The molecule has 0 bridgehead atoms. The molecule has 5 heteroatoms. The number of hydrogen-bond acceptors (Lipinski definition) is 4. The summed E-state index contributed by atoms with van der Waals surface area (Å²) in [6.07, 6.45) is 0. The molecule has 108 valence electrons. The second-order valence-corrected chi connectivity index (χ2v) is 4.80. The minimum absolute atomic E-state index is 0.0319. The quantitative estimate of drug-likeness (QED) is 0.472. The summed E-state index contributed by atoms with van der Waals surface area (Å²) in [7, 11) is 0. The Labute approximate surface area is 119 Å². The third-order valence-corrected chi connectivity index (χ3v) is 2.58. The van der Waals surface area contributed by atoms with Gasteiger partial charge >= 0.3 is 5.69 Å². The average Bonchev–Trinajstić information content (AvgIpc) is 2.38. The molecule has 1 aromatic carbocycles. The molecule has 1 aromatic rings. The van der Waals surface area contributed by atoms with E-state index in [1.54, 1.807) is 19.1 Å². The maximum atomic E-state index is 10.9. The molecule has 0 heterocycles. The monoisotopic (exact) mass is 276 g/mol. The molecule has 0 aliphatic carbocycles. The van der Waals surface area contributed by atoms with Gasteiger partial charge < -0.3 is 10.1 Å². The number of ether oxygens (including phenoxy) is 1. The Morgan fingerprint density at radius 3 is 2.80 bits per heavy atom. The van der Waals surface area contributed by atoms with Gasteiger partial charge in [0, 0.05) is 12.6 Å². The molecule has 0 aliphatic heterocycles. The summed E-state index contributed by atoms with van der Waals surface area (Å²) >= 11 is 0. The van der Waals surface area contributed by atoms with Crippen LogP contribution in [0.5, 0.6) is 5.75 Å². The zero-order valence-electron chi connectivity index (χ0n) is 12.1. The molecular formula is C15H20N2O3. The van der Waals surface area contributed by atoms with E-state index in [-0.39, 0.29) is 18.0 Å². The second kappa shape index (κ2) is 8.18. The van der Waals surface area contributed by atoms with E-state index in [1.165, 1.54) is 6.07 Å². The van der Waals surface area contributed by atoms with E-state index in [1.807, 2.05) is 0 Å². The zero-order chi connectivity index (χ0) is 15.0. The fourth-order valence-electron chi connectivity index (χ4n) is 1.63. The summed E-state index contributed by atoms with van der Waals surface area (Å²) in [5, 5.41) is 14.2. The van der Waals surface area contributed by atoms with Gasteiger partial charge in [-0.15, -0.1) is 5.92 Å². The number of nitrogens with zero attached hydrogens (tertiary/aromatic N) is 1. The Bertz CT molecular complexity index is 516. The van der Waals surface area contributed by atoms with E-state index in [9.17, 15) is 10.1 Å². The lowest BCUT2D eigenvalue weighted by atomic mass is 10.1. The van der Waals surface area contributed by atoms with Gasteiger partial charge in [-0.2, -0.15) is 0 Å². The van der Waals surface area contributed by atoms with E-state index in [0.717, 1.165) is 12.1 Å². The summed E-state index contributed by atoms with van der Waals surface area (Å²) in [4.78, 5) is 10.5. The van der Waals surface area contributed by atoms with E-state index in [4.69, 9.17) is 4.74 Å². The van der Waals surface area contributed by atoms with Gasteiger partial charge in [-0.3, -0.25) is 10.1 Å². The Morgan fingerprint density at radius 2 is 2.20 bits per heavy atom. The largest absolute Gasteiger partial charge is 0.474 e. The van der Waals surface area contributed by atoms with Gasteiger partial charge in [-0.1, -0.05) is 25.8 Å². The van der Waals surface area contributed by atoms with Gasteiger partial charge in [0.05, 0.1) is 4.92 Å². The Balaban J connectivity index is 2.79. The van der Waals surface area contributed by atoms with Gasteiger partial charge in [0.25, 0.3) is 0 Å². The van der Waals surface area contributed by atoms with Crippen molar-refractivity contribution in [3.05, 3.63) is 33.9 Å². The second-order valence-electron chi connectivity index (χ2n) is 4.80. The van der Waals surface area contributed by atoms with E-state index >= 15 is 0 Å². The molecule has 0 aromatic heterocycles. The number of nitro benzene ring substituents is 1. The number of nitrogens with one attached hydrogen (secondary N) is 1. The summed E-state index contributed by atoms with van der Waals surface area (Å²) in [6, 6.07) is 4.91. The van der Waals surface area contributed by atoms with Crippen molar-refractivity contribution in [1.82, 2.24) is 5.32 Å². The fourth-order valence-corrected chi connectivity index (χ4v) is 1.63. The summed E-state index contributed by atoms with van der Waals surface area (Å²) in [6.45, 7) is 7.66. The van der Waals surface area contributed by atoms with Crippen LogP contribution in [0.2, 0.25) is 0 Å². The smallest absolute Gasteiger partial charge is 0.310 e. The molecule has 0 unspecified atom stereocenters. The van der Waals surface area contributed by atoms with Crippen LogP contribution in [-0.4, -0.2) is 18.1 Å². The third kappa shape index (κ3) is 5.29. The molecular weight excluding hydrogens is 256 g/mol. The van der Waals surface area contributed by atoms with Gasteiger partial charge in [0.1, 0.15) is 6.61 Å². The number of rotatable bonds is 7. The van der Waals surface area contributed by atoms with E-state index in [2.05, 4.69) is 31.0 Å². The van der Waals surface area contributed by atoms with Crippen LogP contribution in [0.4, 0.5) is 5.69 Å². The first-order valence-corrected chi connectivity index (χ1v) is 6.55. The lowest BCUT2D eigenvalue weighted by molar-refractivity contribution is -0.385. The van der Waals surface area contributed by atoms with Crippen molar-refractivity contribution in [3.8, 4) is 17.6 Å². The van der Waals surface area contributed by atoms with Crippen molar-refractivity contribution >= 4 is 5.69 Å². The normalized spacial score (nSPS) is 10.0. The van der Waals surface area contributed by atoms with Crippen molar-refractivity contribution in [2.24, 2.45) is 5.92 Å². The van der Waals surface area contributed by atoms with Crippen LogP contribution in [0.25, 0.3) is 0 Å². The van der Waals surface area contributed by atoms with Crippen LogP contribution < -0.4 is 10.1 Å². The average molecular weight is 276 g/mol. The SMILES string of the molecule is CC#CCOc1cc(CNCC(C)C)ccc1[N+](=O)[O-]. The van der Waals surface area contributed by atoms with Crippen molar-refractivity contribution in [2.45, 2.75) is 27.3 Å². The molecule has 0 radical (unpaired) electrons. The van der Waals surface area contributed by atoms with Gasteiger partial charge in [-0.25, -0.2) is 0 Å². The Kier molecular flexibility index (Phi) is 6.54. The first kappa shape index (κ1) is 16.0. The number of hydrogen-bond donors (Lipinski definition) is 1. The first-order valence-electron chi connectivity index (χ1n) is 6.55. The Morgan fingerprint density at radius 1 is 1.45 bits per heavy atom. The van der Waals surface area contributed by atoms with Crippen LogP contribution in [0.3, 0.4) is 0 Å². The lowest BCUT2D eigenvalue weighted by Crippen LogP contribution is -2.19. The molecule has 0 spiro atoms. The highest BCUT2D eigenvalue weighted by Crippen LogP contribution is 2.27. The van der Waals surface area contributed by atoms with Crippen LogP contribution in [0.15, 0.2) is 18.2 Å². The highest BCUT2D eigenvalue weighted by atomic mass is 16.6. The molecule has 20 heavy (non-hydrogen) atoms. The van der Waals surface area contributed by atoms with E-state index in [0.29, 0.717) is 12.5 Å². The molecule has 5 nitrogen and oxygen atoms in total.